The fourth-order valence-corrected chi connectivity index (χ4v) is 3.41. The summed E-state index contributed by atoms with van der Waals surface area (Å²) in [6.07, 6.45) is 5.44. The minimum atomic E-state index is -0.566. The van der Waals surface area contributed by atoms with Gasteiger partial charge in [-0.1, -0.05) is 17.7 Å². The van der Waals surface area contributed by atoms with Crippen LogP contribution in [0.2, 0.25) is 5.15 Å². The standard InChI is InChI=1S/C20H30ClN5O3/c1-7-15(11-22-6)26-13-16(17(21)23-26)25(8-2)18(27)14-9-10-24(12-14)19(28)29-20(3,4)5/h7,11,13-14H,8-10,12H2,1-6H3/b15-7+,22-11?. The van der Waals surface area contributed by atoms with Crippen LogP contribution in [0.4, 0.5) is 10.5 Å². The maximum atomic E-state index is 13.2. The monoisotopic (exact) mass is 423 g/mol. The number of hydrogen-bond acceptors (Lipinski definition) is 5. The quantitative estimate of drug-likeness (QED) is 0.676. The van der Waals surface area contributed by atoms with E-state index in [4.69, 9.17) is 16.3 Å². The second-order valence-electron chi connectivity index (χ2n) is 7.85. The molecule has 0 spiro atoms. The number of hydrogen-bond donors (Lipinski definition) is 0. The molecule has 0 radical (unpaired) electrons. The molecule has 1 unspecified atom stereocenters. The number of carbonyl (C=O) groups is 2. The van der Waals surface area contributed by atoms with Crippen LogP contribution < -0.4 is 4.90 Å². The van der Waals surface area contributed by atoms with E-state index in [1.165, 1.54) is 0 Å². The SMILES string of the molecule is C/C=C(\C=NC)n1cc(N(CC)C(=O)C2CCN(C(=O)OC(C)(C)C)C2)c(Cl)n1. The lowest BCUT2D eigenvalue weighted by molar-refractivity contribution is -0.121. The minimum absolute atomic E-state index is 0.0776. The van der Waals surface area contributed by atoms with Crippen molar-refractivity contribution in [3.63, 3.8) is 0 Å². The number of nitrogens with zero attached hydrogens (tertiary/aromatic N) is 5. The molecule has 2 amide bonds. The summed E-state index contributed by atoms with van der Waals surface area (Å²) < 4.78 is 7.01. The molecule has 0 aromatic carbocycles. The van der Waals surface area contributed by atoms with Crippen molar-refractivity contribution in [2.24, 2.45) is 10.9 Å². The highest BCUT2D eigenvalue weighted by Crippen LogP contribution is 2.29. The van der Waals surface area contributed by atoms with E-state index in [1.807, 2.05) is 40.7 Å². The van der Waals surface area contributed by atoms with E-state index in [2.05, 4.69) is 10.1 Å². The maximum Gasteiger partial charge on any atom is 0.410 e. The van der Waals surface area contributed by atoms with Gasteiger partial charge in [0.25, 0.3) is 0 Å². The molecule has 1 saturated heterocycles. The van der Waals surface area contributed by atoms with Gasteiger partial charge in [-0.05, 0) is 41.0 Å². The molecule has 160 valence electrons. The van der Waals surface area contributed by atoms with Crippen LogP contribution in [0.25, 0.3) is 5.70 Å². The average molecular weight is 424 g/mol. The molecule has 1 aliphatic heterocycles. The molecule has 9 heteroatoms. The van der Waals surface area contributed by atoms with Crippen molar-refractivity contribution < 1.29 is 14.3 Å². The number of anilines is 1. The summed E-state index contributed by atoms with van der Waals surface area (Å²) in [5, 5.41) is 4.55. The summed E-state index contributed by atoms with van der Waals surface area (Å²) >= 11 is 6.34. The van der Waals surface area contributed by atoms with Crippen molar-refractivity contribution in [1.82, 2.24) is 14.7 Å². The first-order chi connectivity index (χ1) is 13.6. The highest BCUT2D eigenvalue weighted by molar-refractivity contribution is 6.32. The van der Waals surface area contributed by atoms with Crippen LogP contribution in [0.3, 0.4) is 0 Å². The van der Waals surface area contributed by atoms with Gasteiger partial charge in [-0.2, -0.15) is 5.10 Å². The number of likely N-dealkylation sites (tertiary alicyclic amines) is 1. The third-order valence-electron chi connectivity index (χ3n) is 4.54. The topological polar surface area (TPSA) is 80.0 Å². The smallest absolute Gasteiger partial charge is 0.410 e. The van der Waals surface area contributed by atoms with E-state index < -0.39 is 11.7 Å². The lowest BCUT2D eigenvalue weighted by Gasteiger charge is -2.25. The van der Waals surface area contributed by atoms with Gasteiger partial charge in [-0.15, -0.1) is 0 Å². The number of carbonyl (C=O) groups excluding carboxylic acids is 2. The zero-order valence-electron chi connectivity index (χ0n) is 18.0. The Labute approximate surface area is 177 Å². The highest BCUT2D eigenvalue weighted by Gasteiger charge is 2.36. The Morgan fingerprint density at radius 3 is 2.69 bits per heavy atom. The molecule has 2 rings (SSSR count). The van der Waals surface area contributed by atoms with Crippen molar-refractivity contribution in [1.29, 1.82) is 0 Å². The minimum Gasteiger partial charge on any atom is -0.444 e. The largest absolute Gasteiger partial charge is 0.444 e. The van der Waals surface area contributed by atoms with Crippen LogP contribution in [0, 0.1) is 5.92 Å². The van der Waals surface area contributed by atoms with E-state index >= 15 is 0 Å². The lowest BCUT2D eigenvalue weighted by Crippen LogP contribution is -2.39. The first-order valence-electron chi connectivity index (χ1n) is 9.74. The molecule has 1 aromatic rings. The first-order valence-corrected chi connectivity index (χ1v) is 10.1. The predicted molar refractivity (Wildman–Crippen MR) is 116 cm³/mol. The highest BCUT2D eigenvalue weighted by atomic mass is 35.5. The number of allylic oxidation sites excluding steroid dienone is 2. The Morgan fingerprint density at radius 1 is 1.45 bits per heavy atom. The third kappa shape index (κ3) is 5.59. The maximum absolute atomic E-state index is 13.2. The number of halogens is 1. The Kier molecular flexibility index (Phi) is 7.46. The summed E-state index contributed by atoms with van der Waals surface area (Å²) in [7, 11) is 1.67. The van der Waals surface area contributed by atoms with Crippen LogP contribution >= 0.6 is 11.6 Å². The molecule has 0 bridgehead atoms. The fraction of sp³-hybridized carbons (Fsp3) is 0.600. The first kappa shape index (κ1) is 22.9. The van der Waals surface area contributed by atoms with Crippen molar-refractivity contribution in [2.75, 3.05) is 31.6 Å². The molecule has 1 aromatic heterocycles. The number of rotatable bonds is 5. The third-order valence-corrected chi connectivity index (χ3v) is 4.80. The van der Waals surface area contributed by atoms with Crippen molar-refractivity contribution in [2.45, 2.75) is 46.6 Å². The van der Waals surface area contributed by atoms with E-state index in [0.29, 0.717) is 31.7 Å². The second kappa shape index (κ2) is 9.43. The van der Waals surface area contributed by atoms with Gasteiger partial charge in [-0.3, -0.25) is 9.79 Å². The van der Waals surface area contributed by atoms with E-state index in [0.717, 1.165) is 5.70 Å². The Bertz CT molecular complexity index is 810. The van der Waals surface area contributed by atoms with E-state index in [9.17, 15) is 9.59 Å². The molecule has 0 N–H and O–H groups in total. The van der Waals surface area contributed by atoms with Gasteiger partial charge in [0, 0.05) is 32.9 Å². The number of aliphatic imine (C=N–C) groups is 1. The predicted octanol–water partition coefficient (Wildman–Crippen LogP) is 3.71. The van der Waals surface area contributed by atoms with Gasteiger partial charge in [0.1, 0.15) is 11.3 Å². The van der Waals surface area contributed by atoms with Crippen LogP contribution in [-0.2, 0) is 9.53 Å². The molecule has 0 saturated carbocycles. The Balaban J connectivity index is 2.16. The summed E-state index contributed by atoms with van der Waals surface area (Å²) in [5.41, 5.74) is 0.725. The van der Waals surface area contributed by atoms with Crippen LogP contribution in [0.5, 0.6) is 0 Å². The van der Waals surface area contributed by atoms with Gasteiger partial charge in [0.15, 0.2) is 5.15 Å². The number of aromatic nitrogens is 2. The summed E-state index contributed by atoms with van der Waals surface area (Å²) in [4.78, 5) is 32.7. The Hall–Kier alpha value is -2.35. The van der Waals surface area contributed by atoms with Gasteiger partial charge in [0.05, 0.1) is 17.8 Å². The van der Waals surface area contributed by atoms with Crippen LogP contribution in [0.15, 0.2) is 17.3 Å². The molecule has 1 aliphatic rings. The van der Waals surface area contributed by atoms with Gasteiger partial charge >= 0.3 is 6.09 Å². The molecule has 2 heterocycles. The molecule has 29 heavy (non-hydrogen) atoms. The van der Waals surface area contributed by atoms with Gasteiger partial charge in [-0.25, -0.2) is 9.48 Å². The molecular formula is C20H30ClN5O3. The molecular weight excluding hydrogens is 394 g/mol. The normalized spacial score (nSPS) is 17.8. The van der Waals surface area contributed by atoms with Gasteiger partial charge in [0.2, 0.25) is 5.91 Å². The Morgan fingerprint density at radius 2 is 2.14 bits per heavy atom. The summed E-state index contributed by atoms with van der Waals surface area (Å²) in [5.74, 6) is -0.383. The van der Waals surface area contributed by atoms with Crippen molar-refractivity contribution in [3.8, 4) is 0 Å². The molecule has 1 fully saturated rings. The van der Waals surface area contributed by atoms with Gasteiger partial charge < -0.3 is 14.5 Å². The fourth-order valence-electron chi connectivity index (χ4n) is 3.17. The second-order valence-corrected chi connectivity index (χ2v) is 8.20. The van der Waals surface area contributed by atoms with E-state index in [-0.39, 0.29) is 17.0 Å². The van der Waals surface area contributed by atoms with E-state index in [1.54, 1.807) is 33.9 Å². The summed E-state index contributed by atoms with van der Waals surface area (Å²) in [6, 6.07) is 0. The molecule has 1 atom stereocenters. The zero-order valence-corrected chi connectivity index (χ0v) is 18.7. The lowest BCUT2D eigenvalue weighted by atomic mass is 10.1. The van der Waals surface area contributed by atoms with Crippen molar-refractivity contribution in [3.05, 3.63) is 17.4 Å². The number of ether oxygens (including phenoxy) is 1. The van der Waals surface area contributed by atoms with Crippen LogP contribution in [-0.4, -0.2) is 65.2 Å². The zero-order chi connectivity index (χ0) is 21.8. The summed E-state index contributed by atoms with van der Waals surface area (Å²) in [6.45, 7) is 10.5. The molecule has 8 nitrogen and oxygen atoms in total. The van der Waals surface area contributed by atoms with Crippen LogP contribution in [0.1, 0.15) is 41.0 Å². The number of amides is 2. The van der Waals surface area contributed by atoms with Crippen molar-refractivity contribution >= 4 is 41.2 Å². The molecule has 0 aliphatic carbocycles. The average Bonchev–Trinajstić information content (AvgIpc) is 3.26.